The fourth-order valence-corrected chi connectivity index (χ4v) is 3.77. The van der Waals surface area contributed by atoms with Crippen LogP contribution >= 0.6 is 0 Å². The molecule has 32 heavy (non-hydrogen) atoms. The maximum atomic E-state index is 6.15. The van der Waals surface area contributed by atoms with Crippen molar-refractivity contribution < 1.29 is 18.9 Å². The van der Waals surface area contributed by atoms with Gasteiger partial charge in [-0.05, 0) is 42.7 Å². The second-order valence-corrected chi connectivity index (χ2v) is 8.26. The number of aryl methyl sites for hydroxylation is 1. The molecule has 2 aliphatic heterocycles. The molecule has 0 spiro atoms. The van der Waals surface area contributed by atoms with Gasteiger partial charge in [-0.15, -0.1) is 0 Å². The lowest BCUT2D eigenvalue weighted by Crippen LogP contribution is -2.36. The first-order valence-corrected chi connectivity index (χ1v) is 11.3. The van der Waals surface area contributed by atoms with Crippen molar-refractivity contribution in [3.8, 4) is 17.2 Å². The van der Waals surface area contributed by atoms with E-state index in [0.29, 0.717) is 38.8 Å². The SMILES string of the molecule is CN=C(NCc1ccc2c(c1)OCCCO2)NCc1ccc(C)cc1OCC1CCOC1. The lowest BCUT2D eigenvalue weighted by atomic mass is 10.1. The number of nitrogens with one attached hydrogen (secondary N) is 2. The zero-order valence-electron chi connectivity index (χ0n) is 19.0. The standard InChI is InChI=1S/C25H33N3O4/c1-18-4-6-21(23(12-18)32-17-20-8-11-29-16-20)15-28-25(26-2)27-14-19-5-7-22-24(13-19)31-10-3-9-30-22/h4-7,12-13,20H,3,8-11,14-17H2,1-2H3,(H2,26,27,28). The van der Waals surface area contributed by atoms with Gasteiger partial charge in [-0.25, -0.2) is 0 Å². The Kier molecular flexibility index (Phi) is 7.72. The Labute approximate surface area is 190 Å². The van der Waals surface area contributed by atoms with E-state index in [9.17, 15) is 0 Å². The van der Waals surface area contributed by atoms with Crippen molar-refractivity contribution in [3.05, 3.63) is 53.1 Å². The highest BCUT2D eigenvalue weighted by atomic mass is 16.5. The molecule has 4 rings (SSSR count). The first kappa shape index (κ1) is 22.3. The molecule has 0 amide bonds. The van der Waals surface area contributed by atoms with Gasteiger partial charge in [-0.1, -0.05) is 18.2 Å². The Bertz CT molecular complexity index is 925. The van der Waals surface area contributed by atoms with E-state index >= 15 is 0 Å². The molecule has 1 saturated heterocycles. The summed E-state index contributed by atoms with van der Waals surface area (Å²) in [5.41, 5.74) is 3.40. The zero-order chi connectivity index (χ0) is 22.2. The Morgan fingerprint density at radius 1 is 1.03 bits per heavy atom. The van der Waals surface area contributed by atoms with Gasteiger partial charge < -0.3 is 29.6 Å². The van der Waals surface area contributed by atoms with Crippen molar-refractivity contribution in [2.75, 3.05) is 40.1 Å². The van der Waals surface area contributed by atoms with Gasteiger partial charge in [0.2, 0.25) is 0 Å². The number of hydrogen-bond donors (Lipinski definition) is 2. The van der Waals surface area contributed by atoms with Crippen LogP contribution < -0.4 is 24.8 Å². The largest absolute Gasteiger partial charge is 0.493 e. The van der Waals surface area contributed by atoms with Crippen molar-refractivity contribution in [1.29, 1.82) is 0 Å². The van der Waals surface area contributed by atoms with Crippen LogP contribution in [-0.2, 0) is 17.8 Å². The molecule has 2 aromatic rings. The van der Waals surface area contributed by atoms with E-state index in [0.717, 1.165) is 60.4 Å². The van der Waals surface area contributed by atoms with E-state index in [1.165, 1.54) is 5.56 Å². The summed E-state index contributed by atoms with van der Waals surface area (Å²) >= 11 is 0. The van der Waals surface area contributed by atoms with Crippen molar-refractivity contribution in [2.45, 2.75) is 32.9 Å². The molecular formula is C25H33N3O4. The second kappa shape index (κ2) is 11.1. The van der Waals surface area contributed by atoms with Crippen molar-refractivity contribution in [1.82, 2.24) is 10.6 Å². The molecule has 2 heterocycles. The van der Waals surface area contributed by atoms with Gasteiger partial charge in [-0.2, -0.15) is 0 Å². The summed E-state index contributed by atoms with van der Waals surface area (Å²) in [6.45, 7) is 7.03. The van der Waals surface area contributed by atoms with Gasteiger partial charge in [0.1, 0.15) is 5.75 Å². The zero-order valence-corrected chi connectivity index (χ0v) is 19.0. The first-order chi connectivity index (χ1) is 15.7. The number of aliphatic imine (C=N–C) groups is 1. The third-order valence-corrected chi connectivity index (χ3v) is 5.66. The van der Waals surface area contributed by atoms with E-state index < -0.39 is 0 Å². The van der Waals surface area contributed by atoms with Gasteiger partial charge >= 0.3 is 0 Å². The summed E-state index contributed by atoms with van der Waals surface area (Å²) < 4.78 is 23.1. The van der Waals surface area contributed by atoms with Crippen molar-refractivity contribution >= 4 is 5.96 Å². The van der Waals surface area contributed by atoms with Crippen LogP contribution in [0.5, 0.6) is 17.2 Å². The van der Waals surface area contributed by atoms with Crippen molar-refractivity contribution in [3.63, 3.8) is 0 Å². The smallest absolute Gasteiger partial charge is 0.191 e. The Morgan fingerprint density at radius 2 is 1.88 bits per heavy atom. The van der Waals surface area contributed by atoms with Gasteiger partial charge in [0.15, 0.2) is 17.5 Å². The number of rotatable bonds is 7. The Hall–Kier alpha value is -2.93. The molecule has 2 aliphatic rings. The molecule has 2 aromatic carbocycles. The van der Waals surface area contributed by atoms with Crippen LogP contribution in [0.25, 0.3) is 0 Å². The summed E-state index contributed by atoms with van der Waals surface area (Å²) in [5, 5.41) is 6.77. The highest BCUT2D eigenvalue weighted by molar-refractivity contribution is 5.79. The topological polar surface area (TPSA) is 73.3 Å². The molecule has 7 nitrogen and oxygen atoms in total. The minimum Gasteiger partial charge on any atom is -0.493 e. The molecule has 7 heteroatoms. The molecular weight excluding hydrogens is 406 g/mol. The highest BCUT2D eigenvalue weighted by Gasteiger charge is 2.17. The molecule has 0 aromatic heterocycles. The average molecular weight is 440 g/mol. The predicted octanol–water partition coefficient (Wildman–Crippen LogP) is 3.44. The number of guanidine groups is 1. The van der Waals surface area contributed by atoms with Gasteiger partial charge in [0, 0.05) is 44.6 Å². The molecule has 172 valence electrons. The third kappa shape index (κ3) is 6.07. The summed E-state index contributed by atoms with van der Waals surface area (Å²) in [6, 6.07) is 12.4. The van der Waals surface area contributed by atoms with Crippen LogP contribution in [0.4, 0.5) is 0 Å². The highest BCUT2D eigenvalue weighted by Crippen LogP contribution is 2.30. The normalized spacial score (nSPS) is 18.2. The molecule has 1 atom stereocenters. The minimum absolute atomic E-state index is 0.473. The van der Waals surface area contributed by atoms with Crippen molar-refractivity contribution in [2.24, 2.45) is 10.9 Å². The maximum absolute atomic E-state index is 6.15. The molecule has 0 aliphatic carbocycles. The molecule has 0 saturated carbocycles. The maximum Gasteiger partial charge on any atom is 0.191 e. The number of ether oxygens (including phenoxy) is 4. The van der Waals surface area contributed by atoms with Crippen LogP contribution in [0.3, 0.4) is 0 Å². The van der Waals surface area contributed by atoms with Crippen LogP contribution in [0.2, 0.25) is 0 Å². The summed E-state index contributed by atoms with van der Waals surface area (Å²) in [6.07, 6.45) is 1.97. The monoisotopic (exact) mass is 439 g/mol. The fraction of sp³-hybridized carbons (Fsp3) is 0.480. The predicted molar refractivity (Wildman–Crippen MR) is 125 cm³/mol. The number of hydrogen-bond acceptors (Lipinski definition) is 5. The van der Waals surface area contributed by atoms with Crippen LogP contribution in [0.15, 0.2) is 41.4 Å². The van der Waals surface area contributed by atoms with Gasteiger partial charge in [-0.3, -0.25) is 4.99 Å². The number of nitrogens with zero attached hydrogens (tertiary/aromatic N) is 1. The molecule has 0 radical (unpaired) electrons. The van der Waals surface area contributed by atoms with Crippen LogP contribution in [0, 0.1) is 12.8 Å². The summed E-state index contributed by atoms with van der Waals surface area (Å²) in [4.78, 5) is 4.36. The number of benzene rings is 2. The average Bonchev–Trinajstić information content (AvgIpc) is 3.22. The lowest BCUT2D eigenvalue weighted by molar-refractivity contribution is 0.166. The fourth-order valence-electron chi connectivity index (χ4n) is 3.77. The summed E-state index contributed by atoms with van der Waals surface area (Å²) in [7, 11) is 1.77. The summed E-state index contributed by atoms with van der Waals surface area (Å²) in [5.74, 6) is 3.74. The minimum atomic E-state index is 0.473. The number of fused-ring (bicyclic) bond motifs is 1. The van der Waals surface area contributed by atoms with E-state index in [2.05, 4.69) is 40.7 Å². The molecule has 0 bridgehead atoms. The third-order valence-electron chi connectivity index (χ3n) is 5.66. The lowest BCUT2D eigenvalue weighted by Gasteiger charge is -2.17. The molecule has 1 unspecified atom stereocenters. The van der Waals surface area contributed by atoms with Gasteiger partial charge in [0.25, 0.3) is 0 Å². The van der Waals surface area contributed by atoms with Crippen LogP contribution in [-0.4, -0.2) is 46.0 Å². The van der Waals surface area contributed by atoms with E-state index in [1.54, 1.807) is 7.05 Å². The Morgan fingerprint density at radius 3 is 2.69 bits per heavy atom. The van der Waals surface area contributed by atoms with Crippen LogP contribution in [0.1, 0.15) is 29.5 Å². The quantitative estimate of drug-likeness (QED) is 0.509. The van der Waals surface area contributed by atoms with E-state index in [1.807, 2.05) is 18.2 Å². The van der Waals surface area contributed by atoms with E-state index in [4.69, 9.17) is 18.9 Å². The molecule has 2 N–H and O–H groups in total. The van der Waals surface area contributed by atoms with E-state index in [-0.39, 0.29) is 0 Å². The first-order valence-electron chi connectivity index (χ1n) is 11.3. The second-order valence-electron chi connectivity index (χ2n) is 8.26. The molecule has 1 fully saturated rings. The van der Waals surface area contributed by atoms with Gasteiger partial charge in [0.05, 0.1) is 26.4 Å². The Balaban J connectivity index is 1.32.